The zero-order valence-electron chi connectivity index (χ0n) is 19.9. The Balaban J connectivity index is 1.22. The Morgan fingerprint density at radius 2 is 1.63 bits per heavy atom. The number of Topliss-reactive ketones (excluding diaryl/α,β-unsaturated/α-hetero) is 1. The number of rotatable bonds is 4. The zero-order chi connectivity index (χ0) is 23.9. The highest BCUT2D eigenvalue weighted by molar-refractivity contribution is 5.95. The molecule has 1 aliphatic carbocycles. The summed E-state index contributed by atoms with van der Waals surface area (Å²) in [6.45, 7) is 1.95. The van der Waals surface area contributed by atoms with E-state index in [2.05, 4.69) is 60.7 Å². The average Bonchev–Trinajstić information content (AvgIpc) is 3.20. The molecule has 1 saturated heterocycles. The molecule has 0 aromatic heterocycles. The number of amides is 1. The van der Waals surface area contributed by atoms with Crippen molar-refractivity contribution in [1.29, 1.82) is 0 Å². The van der Waals surface area contributed by atoms with Crippen LogP contribution in [0.1, 0.15) is 65.6 Å². The van der Waals surface area contributed by atoms with Gasteiger partial charge in [0.1, 0.15) is 6.61 Å². The summed E-state index contributed by atoms with van der Waals surface area (Å²) in [4.78, 5) is 27.2. The quantitative estimate of drug-likeness (QED) is 0.398. The summed E-state index contributed by atoms with van der Waals surface area (Å²) in [5.74, 6) is 0.139. The lowest BCUT2D eigenvalue weighted by atomic mass is 9.83. The van der Waals surface area contributed by atoms with E-state index in [4.69, 9.17) is 4.74 Å². The number of nitrogens with zero attached hydrogens (tertiary/aromatic N) is 1. The minimum atomic E-state index is -0.214. The van der Waals surface area contributed by atoms with Crippen LogP contribution in [0, 0.1) is 0 Å². The van der Waals surface area contributed by atoms with Gasteiger partial charge in [0, 0.05) is 17.5 Å². The van der Waals surface area contributed by atoms with Gasteiger partial charge in [0.15, 0.2) is 5.78 Å². The van der Waals surface area contributed by atoms with Gasteiger partial charge >= 0.3 is 6.09 Å². The van der Waals surface area contributed by atoms with E-state index in [1.807, 2.05) is 23.1 Å². The first-order valence-corrected chi connectivity index (χ1v) is 12.6. The Bertz CT molecular complexity index is 1290. The molecule has 6 rings (SSSR count). The van der Waals surface area contributed by atoms with Crippen LogP contribution in [0.4, 0.5) is 4.79 Å². The number of carbonyl (C=O) groups excluding carboxylic acids is 2. The van der Waals surface area contributed by atoms with Crippen molar-refractivity contribution in [3.8, 4) is 11.1 Å². The molecule has 2 aliphatic heterocycles. The third-order valence-corrected chi connectivity index (χ3v) is 7.82. The Hall–Kier alpha value is -3.66. The van der Waals surface area contributed by atoms with Crippen molar-refractivity contribution in [2.75, 3.05) is 6.61 Å². The molecule has 0 radical (unpaired) electrons. The van der Waals surface area contributed by atoms with Crippen LogP contribution in [0.5, 0.6) is 0 Å². The van der Waals surface area contributed by atoms with E-state index >= 15 is 0 Å². The fraction of sp³-hybridized carbons (Fsp3) is 0.290. The molecule has 4 nitrogen and oxygen atoms in total. The molecule has 1 fully saturated rings. The second-order valence-corrected chi connectivity index (χ2v) is 9.90. The Kier molecular flexibility index (Phi) is 5.52. The molecule has 0 N–H and O–H groups in total. The fourth-order valence-electron chi connectivity index (χ4n) is 6.13. The summed E-state index contributed by atoms with van der Waals surface area (Å²) in [6, 6.07) is 24.9. The number of ether oxygens (including phenoxy) is 1. The van der Waals surface area contributed by atoms with Gasteiger partial charge < -0.3 is 4.74 Å². The second kappa shape index (κ2) is 8.84. The molecule has 3 aromatic carbocycles. The Labute approximate surface area is 206 Å². The third-order valence-electron chi connectivity index (χ3n) is 7.82. The molecule has 3 aromatic rings. The van der Waals surface area contributed by atoms with Crippen molar-refractivity contribution in [2.24, 2.45) is 0 Å². The molecule has 3 aliphatic rings. The van der Waals surface area contributed by atoms with Gasteiger partial charge in [-0.1, -0.05) is 72.8 Å². The summed E-state index contributed by atoms with van der Waals surface area (Å²) in [5.41, 5.74) is 7.97. The van der Waals surface area contributed by atoms with E-state index < -0.39 is 0 Å². The number of benzene rings is 3. The lowest BCUT2D eigenvalue weighted by Gasteiger charge is -2.44. The number of fused-ring (bicyclic) bond motifs is 5. The van der Waals surface area contributed by atoms with Crippen LogP contribution in [-0.2, 0) is 4.74 Å². The number of hydrogen-bond donors (Lipinski definition) is 0. The zero-order valence-corrected chi connectivity index (χ0v) is 19.9. The first kappa shape index (κ1) is 21.8. The van der Waals surface area contributed by atoms with E-state index in [-0.39, 0.29) is 29.9 Å². The molecule has 35 heavy (non-hydrogen) atoms. The molecule has 4 heteroatoms. The molecule has 2 atom stereocenters. The molecule has 2 unspecified atom stereocenters. The molecule has 1 amide bonds. The van der Waals surface area contributed by atoms with Crippen molar-refractivity contribution in [3.63, 3.8) is 0 Å². The maximum absolute atomic E-state index is 13.4. The molecular weight excluding hydrogens is 434 g/mol. The minimum Gasteiger partial charge on any atom is -0.448 e. The van der Waals surface area contributed by atoms with E-state index in [0.29, 0.717) is 6.61 Å². The lowest BCUT2D eigenvalue weighted by Crippen LogP contribution is -2.51. The first-order valence-electron chi connectivity index (χ1n) is 12.6. The Morgan fingerprint density at radius 1 is 0.914 bits per heavy atom. The van der Waals surface area contributed by atoms with Crippen molar-refractivity contribution in [1.82, 2.24) is 4.90 Å². The standard InChI is InChI=1S/C31H29NO3/c1-20(33)21-8-6-9-22(16-21)23-17-24-10-7-11-25(18-23)32(24)31(34)35-19-30-28-14-4-2-12-26(28)27-13-3-5-15-29(27)30/h2-6,8-9,12-17,24-25,30H,7,10-11,18-19H2,1H3. The van der Waals surface area contributed by atoms with Gasteiger partial charge in [0.25, 0.3) is 0 Å². The molecule has 0 saturated carbocycles. The molecule has 2 bridgehead atoms. The van der Waals surface area contributed by atoms with Crippen molar-refractivity contribution in [3.05, 3.63) is 101 Å². The van der Waals surface area contributed by atoms with E-state index in [1.54, 1.807) is 6.92 Å². The van der Waals surface area contributed by atoms with Crippen LogP contribution in [0.2, 0.25) is 0 Å². The smallest absolute Gasteiger partial charge is 0.410 e. The van der Waals surface area contributed by atoms with E-state index in [0.717, 1.165) is 36.8 Å². The van der Waals surface area contributed by atoms with Crippen LogP contribution in [-0.4, -0.2) is 35.5 Å². The van der Waals surface area contributed by atoms with Gasteiger partial charge in [0.2, 0.25) is 0 Å². The van der Waals surface area contributed by atoms with Crippen molar-refractivity contribution < 1.29 is 14.3 Å². The van der Waals surface area contributed by atoms with E-state index in [1.165, 1.54) is 27.8 Å². The predicted octanol–water partition coefficient (Wildman–Crippen LogP) is 6.85. The Morgan fingerprint density at radius 3 is 2.31 bits per heavy atom. The average molecular weight is 464 g/mol. The molecular formula is C31H29NO3. The highest BCUT2D eigenvalue weighted by Gasteiger charge is 2.39. The topological polar surface area (TPSA) is 46.6 Å². The molecule has 176 valence electrons. The summed E-state index contributed by atoms with van der Waals surface area (Å²) < 4.78 is 6.02. The number of piperidine rings is 1. The summed E-state index contributed by atoms with van der Waals surface area (Å²) in [7, 11) is 0. The van der Waals surface area contributed by atoms with Crippen LogP contribution >= 0.6 is 0 Å². The van der Waals surface area contributed by atoms with Gasteiger partial charge in [-0.3, -0.25) is 9.69 Å². The maximum Gasteiger partial charge on any atom is 0.410 e. The van der Waals surface area contributed by atoms with Crippen LogP contribution in [0.25, 0.3) is 16.7 Å². The summed E-state index contributed by atoms with van der Waals surface area (Å²) in [5, 5.41) is 0. The number of ketones is 1. The second-order valence-electron chi connectivity index (χ2n) is 9.90. The van der Waals surface area contributed by atoms with Gasteiger partial charge in [0.05, 0.1) is 6.04 Å². The normalized spacial score (nSPS) is 20.6. The first-order chi connectivity index (χ1) is 17.1. The highest BCUT2D eigenvalue weighted by atomic mass is 16.6. The maximum atomic E-state index is 13.4. The molecule has 0 spiro atoms. The van der Waals surface area contributed by atoms with Crippen molar-refractivity contribution >= 4 is 17.4 Å². The number of carbonyl (C=O) groups is 2. The van der Waals surface area contributed by atoms with E-state index in [9.17, 15) is 9.59 Å². The fourth-order valence-corrected chi connectivity index (χ4v) is 6.13. The predicted molar refractivity (Wildman–Crippen MR) is 137 cm³/mol. The van der Waals surface area contributed by atoms with Crippen LogP contribution in [0.3, 0.4) is 0 Å². The van der Waals surface area contributed by atoms with Crippen molar-refractivity contribution in [2.45, 2.75) is 50.6 Å². The van der Waals surface area contributed by atoms with Crippen LogP contribution in [0.15, 0.2) is 78.9 Å². The SMILES string of the molecule is CC(=O)c1cccc(C2=CC3CCCC(C2)N3C(=O)OCC2c3ccccc3-c3ccccc32)c1. The minimum absolute atomic E-state index is 0.0362. The third kappa shape index (κ3) is 3.87. The highest BCUT2D eigenvalue weighted by Crippen LogP contribution is 2.45. The summed E-state index contributed by atoms with van der Waals surface area (Å²) in [6.07, 6.45) is 5.83. The summed E-state index contributed by atoms with van der Waals surface area (Å²) >= 11 is 0. The largest absolute Gasteiger partial charge is 0.448 e. The van der Waals surface area contributed by atoms with Crippen LogP contribution < -0.4 is 0 Å². The monoisotopic (exact) mass is 463 g/mol. The molecule has 2 heterocycles. The van der Waals surface area contributed by atoms with Gasteiger partial charge in [-0.15, -0.1) is 0 Å². The van der Waals surface area contributed by atoms with Gasteiger partial charge in [-0.25, -0.2) is 4.79 Å². The number of hydrogen-bond acceptors (Lipinski definition) is 3. The van der Waals surface area contributed by atoms with Gasteiger partial charge in [-0.05, 0) is 72.1 Å². The lowest BCUT2D eigenvalue weighted by molar-refractivity contribution is 0.0539. The van der Waals surface area contributed by atoms with Gasteiger partial charge in [-0.2, -0.15) is 0 Å².